The molecule has 1 aromatic carbocycles. The molecule has 3 nitrogen and oxygen atoms in total. The van der Waals surface area contributed by atoms with Crippen molar-refractivity contribution in [2.45, 2.75) is 33.7 Å². The summed E-state index contributed by atoms with van der Waals surface area (Å²) in [5.74, 6) is 0. The zero-order valence-electron chi connectivity index (χ0n) is 14.3. The highest BCUT2D eigenvalue weighted by molar-refractivity contribution is 5.63. The van der Waals surface area contributed by atoms with Crippen molar-refractivity contribution in [2.75, 3.05) is 13.1 Å². The molecule has 0 aliphatic heterocycles. The summed E-state index contributed by atoms with van der Waals surface area (Å²) in [5, 5.41) is 0. The summed E-state index contributed by atoms with van der Waals surface area (Å²) in [6.07, 6.45) is 1.90. The molecule has 2 rings (SSSR count). The van der Waals surface area contributed by atoms with E-state index < -0.39 is 0 Å². The van der Waals surface area contributed by atoms with Crippen LogP contribution in [0.2, 0.25) is 0 Å². The first kappa shape index (κ1) is 16.5. The third kappa shape index (κ3) is 3.30. The number of benzene rings is 1. The lowest BCUT2D eigenvalue weighted by Gasteiger charge is -2.26. The molecule has 1 aromatic heterocycles. The first-order chi connectivity index (χ1) is 10.5. The summed E-state index contributed by atoms with van der Waals surface area (Å²) in [6.45, 7) is 10.6. The van der Waals surface area contributed by atoms with Gasteiger partial charge in [-0.1, -0.05) is 38.1 Å². The highest BCUT2D eigenvalue weighted by atomic mass is 16.1. The number of rotatable bonds is 5. The van der Waals surface area contributed by atoms with E-state index in [2.05, 4.69) is 49.9 Å². The number of aryl methyl sites for hydroxylation is 2. The summed E-state index contributed by atoms with van der Waals surface area (Å²) in [4.78, 5) is 14.2. The molecule has 0 saturated carbocycles. The van der Waals surface area contributed by atoms with Crippen molar-refractivity contribution >= 4 is 0 Å². The van der Waals surface area contributed by atoms with Crippen LogP contribution < -0.4 is 5.56 Å². The highest BCUT2D eigenvalue weighted by Crippen LogP contribution is 2.24. The molecule has 3 heteroatoms. The smallest absolute Gasteiger partial charge is 0.253 e. The predicted molar refractivity (Wildman–Crippen MR) is 93.2 cm³/mol. The third-order valence-corrected chi connectivity index (χ3v) is 4.45. The van der Waals surface area contributed by atoms with E-state index in [1.54, 1.807) is 11.6 Å². The van der Waals surface area contributed by atoms with Gasteiger partial charge >= 0.3 is 0 Å². The molecule has 1 heterocycles. The fourth-order valence-corrected chi connectivity index (χ4v) is 2.97. The van der Waals surface area contributed by atoms with Crippen LogP contribution in [0.25, 0.3) is 11.1 Å². The fraction of sp³-hybridized carbons (Fsp3) is 0.421. The van der Waals surface area contributed by atoms with E-state index in [1.165, 1.54) is 5.56 Å². The average Bonchev–Trinajstić information content (AvgIpc) is 2.53. The number of hydrogen-bond donors (Lipinski definition) is 0. The van der Waals surface area contributed by atoms with E-state index >= 15 is 0 Å². The molecule has 0 aliphatic carbocycles. The summed E-state index contributed by atoms with van der Waals surface area (Å²) < 4.78 is 1.65. The Bertz CT molecular complexity index is 655. The van der Waals surface area contributed by atoms with Gasteiger partial charge in [0.2, 0.25) is 0 Å². The largest absolute Gasteiger partial charge is 0.318 e. The number of hydrogen-bond acceptors (Lipinski definition) is 2. The Labute approximate surface area is 133 Å². The van der Waals surface area contributed by atoms with Crippen molar-refractivity contribution in [1.82, 2.24) is 9.47 Å². The topological polar surface area (TPSA) is 25.2 Å². The molecule has 0 fully saturated rings. The molecule has 0 N–H and O–H groups in total. The van der Waals surface area contributed by atoms with E-state index in [1.807, 2.05) is 19.2 Å². The third-order valence-electron chi connectivity index (χ3n) is 4.45. The van der Waals surface area contributed by atoms with Gasteiger partial charge in [0.25, 0.3) is 5.56 Å². The molecule has 0 spiro atoms. The molecule has 118 valence electrons. The van der Waals surface area contributed by atoms with Crippen molar-refractivity contribution in [3.63, 3.8) is 0 Å². The molecule has 0 amide bonds. The maximum Gasteiger partial charge on any atom is 0.253 e. The van der Waals surface area contributed by atoms with Crippen molar-refractivity contribution in [2.24, 2.45) is 7.05 Å². The first-order valence-electron chi connectivity index (χ1n) is 7.99. The van der Waals surface area contributed by atoms with Gasteiger partial charge in [0.05, 0.1) is 0 Å². The van der Waals surface area contributed by atoms with Crippen LogP contribution in [0, 0.1) is 6.92 Å². The number of nitrogens with zero attached hydrogens (tertiary/aromatic N) is 2. The Hall–Kier alpha value is -1.87. The van der Waals surface area contributed by atoms with Gasteiger partial charge < -0.3 is 4.57 Å². The standard InChI is InChI=1S/C19H26N2O/c1-6-21(7-2)15(4)16-8-10-17(11-9-16)18-12-14(3)19(22)20(5)13-18/h8-13,15H,6-7H2,1-5H3/t15-/m1/s1. The lowest BCUT2D eigenvalue weighted by atomic mass is 10.0. The zero-order chi connectivity index (χ0) is 16.3. The number of aromatic nitrogens is 1. The van der Waals surface area contributed by atoms with Gasteiger partial charge in [-0.3, -0.25) is 9.69 Å². The van der Waals surface area contributed by atoms with E-state index in [4.69, 9.17) is 0 Å². The van der Waals surface area contributed by atoms with Crippen LogP contribution in [0.3, 0.4) is 0 Å². The summed E-state index contributed by atoms with van der Waals surface area (Å²) in [7, 11) is 1.80. The second-order valence-corrected chi connectivity index (χ2v) is 5.85. The van der Waals surface area contributed by atoms with Gasteiger partial charge in [0.15, 0.2) is 0 Å². The monoisotopic (exact) mass is 298 g/mol. The van der Waals surface area contributed by atoms with Gasteiger partial charge in [-0.25, -0.2) is 0 Å². The predicted octanol–water partition coefficient (Wildman–Crippen LogP) is 3.76. The quantitative estimate of drug-likeness (QED) is 0.839. The van der Waals surface area contributed by atoms with Gasteiger partial charge in [0.1, 0.15) is 0 Å². The molecule has 2 aromatic rings. The Morgan fingerprint density at radius 1 is 1.09 bits per heavy atom. The Morgan fingerprint density at radius 3 is 2.18 bits per heavy atom. The van der Waals surface area contributed by atoms with Gasteiger partial charge in [0, 0.05) is 24.8 Å². The molecule has 22 heavy (non-hydrogen) atoms. The van der Waals surface area contributed by atoms with Gasteiger partial charge in [-0.2, -0.15) is 0 Å². The van der Waals surface area contributed by atoms with Crippen LogP contribution >= 0.6 is 0 Å². The van der Waals surface area contributed by atoms with Crippen LogP contribution in [-0.4, -0.2) is 22.6 Å². The fourth-order valence-electron chi connectivity index (χ4n) is 2.97. The van der Waals surface area contributed by atoms with Crippen LogP contribution in [0.4, 0.5) is 0 Å². The molecule has 0 radical (unpaired) electrons. The van der Waals surface area contributed by atoms with E-state index in [-0.39, 0.29) is 5.56 Å². The molecule has 0 saturated heterocycles. The number of pyridine rings is 1. The first-order valence-corrected chi connectivity index (χ1v) is 7.99. The van der Waals surface area contributed by atoms with E-state index in [0.29, 0.717) is 6.04 Å². The summed E-state index contributed by atoms with van der Waals surface area (Å²) >= 11 is 0. The molecular formula is C19H26N2O. The highest BCUT2D eigenvalue weighted by Gasteiger charge is 2.12. The minimum atomic E-state index is 0.0653. The minimum Gasteiger partial charge on any atom is -0.318 e. The lowest BCUT2D eigenvalue weighted by Crippen LogP contribution is -2.26. The molecule has 0 aliphatic rings. The Morgan fingerprint density at radius 2 is 1.68 bits per heavy atom. The van der Waals surface area contributed by atoms with Gasteiger partial charge in [-0.15, -0.1) is 0 Å². The molecular weight excluding hydrogens is 272 g/mol. The summed E-state index contributed by atoms with van der Waals surface area (Å²) in [5.41, 5.74) is 4.40. The van der Waals surface area contributed by atoms with Crippen LogP contribution in [0.15, 0.2) is 41.3 Å². The zero-order valence-corrected chi connectivity index (χ0v) is 14.3. The molecule has 0 unspecified atom stereocenters. The lowest BCUT2D eigenvalue weighted by molar-refractivity contribution is 0.234. The van der Waals surface area contributed by atoms with Crippen molar-refractivity contribution in [3.8, 4) is 11.1 Å². The molecule has 1 atom stereocenters. The minimum absolute atomic E-state index is 0.0653. The maximum atomic E-state index is 11.8. The second kappa shape index (κ2) is 6.93. The normalized spacial score (nSPS) is 12.6. The van der Waals surface area contributed by atoms with Crippen molar-refractivity contribution in [1.29, 1.82) is 0 Å². The Balaban J connectivity index is 2.31. The SMILES string of the molecule is CCN(CC)[C@H](C)c1ccc(-c2cc(C)c(=O)n(C)c2)cc1. The van der Waals surface area contributed by atoms with E-state index in [0.717, 1.165) is 29.8 Å². The Kier molecular flexibility index (Phi) is 5.19. The van der Waals surface area contributed by atoms with Gasteiger partial charge in [-0.05, 0) is 49.7 Å². The van der Waals surface area contributed by atoms with Crippen LogP contribution in [0.1, 0.15) is 37.9 Å². The second-order valence-electron chi connectivity index (χ2n) is 5.85. The molecule has 0 bridgehead atoms. The van der Waals surface area contributed by atoms with Crippen LogP contribution in [0.5, 0.6) is 0 Å². The van der Waals surface area contributed by atoms with Crippen molar-refractivity contribution in [3.05, 3.63) is 58.0 Å². The van der Waals surface area contributed by atoms with Crippen LogP contribution in [-0.2, 0) is 7.05 Å². The average molecular weight is 298 g/mol. The summed E-state index contributed by atoms with van der Waals surface area (Å²) in [6, 6.07) is 11.1. The van der Waals surface area contributed by atoms with Crippen molar-refractivity contribution < 1.29 is 0 Å². The maximum absolute atomic E-state index is 11.8. The van der Waals surface area contributed by atoms with E-state index in [9.17, 15) is 4.79 Å².